The molecule has 0 N–H and O–H groups in total. The first-order valence-corrected chi connectivity index (χ1v) is 5.15. The van der Waals surface area contributed by atoms with Crippen molar-refractivity contribution in [3.8, 4) is 5.88 Å². The third kappa shape index (κ3) is 3.05. The van der Waals surface area contributed by atoms with Gasteiger partial charge < -0.3 is 4.74 Å². The molecule has 1 aromatic heterocycles. The number of ether oxygens (including phenoxy) is 1. The first-order valence-electron chi connectivity index (χ1n) is 5.15. The minimum Gasteiger partial charge on any atom is -0.474 e. The highest BCUT2D eigenvalue weighted by Crippen LogP contribution is 2.18. The molecule has 3 nitrogen and oxygen atoms in total. The summed E-state index contributed by atoms with van der Waals surface area (Å²) in [6.45, 7) is 7.63. The van der Waals surface area contributed by atoms with Crippen LogP contribution < -0.4 is 4.74 Å². The van der Waals surface area contributed by atoms with E-state index in [4.69, 9.17) is 4.74 Å². The number of rotatable bonds is 4. The number of Topliss-reactive ketones (excluding diaryl/α,β-unsaturated/α-hetero) is 1. The highest BCUT2D eigenvalue weighted by atomic mass is 16.5. The van der Waals surface area contributed by atoms with Crippen LogP contribution in [-0.4, -0.2) is 16.9 Å². The minimum absolute atomic E-state index is 0.0194. The van der Waals surface area contributed by atoms with Crippen LogP contribution in [0.1, 0.15) is 38.1 Å². The second kappa shape index (κ2) is 4.91. The molecule has 0 saturated heterocycles. The molecule has 1 rings (SSSR count). The number of hydrogen-bond donors (Lipinski definition) is 0. The van der Waals surface area contributed by atoms with Crippen LogP contribution in [0.25, 0.3) is 0 Å². The van der Waals surface area contributed by atoms with Crippen LogP contribution in [0.4, 0.5) is 0 Å². The first kappa shape index (κ1) is 11.7. The fourth-order valence-electron chi connectivity index (χ4n) is 1.06. The zero-order chi connectivity index (χ0) is 11.4. The maximum Gasteiger partial charge on any atom is 0.224 e. The molecule has 0 amide bonds. The fraction of sp³-hybridized carbons (Fsp3) is 0.500. The largest absolute Gasteiger partial charge is 0.474 e. The van der Waals surface area contributed by atoms with Gasteiger partial charge in [-0.2, -0.15) is 0 Å². The Morgan fingerprint density at radius 2 is 2.07 bits per heavy atom. The zero-order valence-electron chi connectivity index (χ0n) is 9.65. The van der Waals surface area contributed by atoms with E-state index in [0.717, 1.165) is 0 Å². The summed E-state index contributed by atoms with van der Waals surface area (Å²) in [5, 5.41) is 0. The van der Waals surface area contributed by atoms with E-state index in [2.05, 4.69) is 18.8 Å². The molecule has 0 aromatic carbocycles. The Morgan fingerprint density at radius 1 is 1.40 bits per heavy atom. The van der Waals surface area contributed by atoms with Gasteiger partial charge in [-0.1, -0.05) is 13.8 Å². The van der Waals surface area contributed by atoms with Crippen LogP contribution in [0, 0.1) is 5.92 Å². The molecule has 0 bridgehead atoms. The van der Waals surface area contributed by atoms with Crippen molar-refractivity contribution >= 4 is 5.78 Å². The Bertz CT molecular complexity index is 347. The Hall–Kier alpha value is -1.38. The predicted molar refractivity (Wildman–Crippen MR) is 59.2 cm³/mol. The highest BCUT2D eigenvalue weighted by molar-refractivity contribution is 5.96. The van der Waals surface area contributed by atoms with Crippen molar-refractivity contribution in [3.05, 3.63) is 23.9 Å². The monoisotopic (exact) mass is 207 g/mol. The Balaban J connectivity index is 2.89. The number of hydrogen-bond acceptors (Lipinski definition) is 3. The lowest BCUT2D eigenvalue weighted by Crippen LogP contribution is -2.20. The molecule has 3 heteroatoms. The van der Waals surface area contributed by atoms with Gasteiger partial charge in [0, 0.05) is 6.20 Å². The molecule has 0 aliphatic heterocycles. The van der Waals surface area contributed by atoms with Crippen LogP contribution in [0.15, 0.2) is 18.3 Å². The van der Waals surface area contributed by atoms with E-state index >= 15 is 0 Å². The van der Waals surface area contributed by atoms with Crippen LogP contribution in [0.5, 0.6) is 5.88 Å². The number of nitrogens with zero attached hydrogens (tertiary/aromatic N) is 1. The third-order valence-corrected chi connectivity index (χ3v) is 2.39. The molecule has 0 spiro atoms. The molecular weight excluding hydrogens is 190 g/mol. The maximum absolute atomic E-state index is 11.3. The lowest BCUT2D eigenvalue weighted by molar-refractivity contribution is 0.100. The van der Waals surface area contributed by atoms with Crippen LogP contribution in [0.2, 0.25) is 0 Å². The molecule has 0 radical (unpaired) electrons. The van der Waals surface area contributed by atoms with E-state index in [1.165, 1.54) is 6.92 Å². The Morgan fingerprint density at radius 3 is 2.60 bits per heavy atom. The molecule has 0 saturated carbocycles. The predicted octanol–water partition coefficient (Wildman–Crippen LogP) is 2.71. The summed E-state index contributed by atoms with van der Waals surface area (Å²) in [6.07, 6.45) is 1.69. The minimum atomic E-state index is -0.0194. The number of pyridine rings is 1. The molecule has 0 fully saturated rings. The fourth-order valence-corrected chi connectivity index (χ4v) is 1.06. The molecule has 0 aliphatic rings. The van der Waals surface area contributed by atoms with Gasteiger partial charge in [0.25, 0.3) is 0 Å². The van der Waals surface area contributed by atoms with Crippen molar-refractivity contribution in [3.63, 3.8) is 0 Å². The molecule has 1 unspecified atom stereocenters. The average molecular weight is 207 g/mol. The summed E-state index contributed by atoms with van der Waals surface area (Å²) in [5.41, 5.74) is 0.546. The van der Waals surface area contributed by atoms with Crippen LogP contribution >= 0.6 is 0 Å². The summed E-state index contributed by atoms with van der Waals surface area (Å²) in [6, 6.07) is 3.47. The van der Waals surface area contributed by atoms with Crippen LogP contribution in [0.3, 0.4) is 0 Å². The molecule has 1 atom stereocenters. The summed E-state index contributed by atoms with van der Waals surface area (Å²) in [7, 11) is 0. The number of carbonyl (C=O) groups excluding carboxylic acids is 1. The van der Waals surface area contributed by atoms with Gasteiger partial charge >= 0.3 is 0 Å². The van der Waals surface area contributed by atoms with Gasteiger partial charge in [-0.25, -0.2) is 4.98 Å². The van der Waals surface area contributed by atoms with Gasteiger partial charge in [-0.05, 0) is 31.9 Å². The van der Waals surface area contributed by atoms with Gasteiger partial charge in [0.1, 0.15) is 0 Å². The van der Waals surface area contributed by atoms with Crippen molar-refractivity contribution in [1.82, 2.24) is 4.98 Å². The average Bonchev–Trinajstić information content (AvgIpc) is 2.18. The van der Waals surface area contributed by atoms with E-state index in [9.17, 15) is 4.79 Å². The maximum atomic E-state index is 11.3. The normalized spacial score (nSPS) is 12.6. The highest BCUT2D eigenvalue weighted by Gasteiger charge is 2.14. The van der Waals surface area contributed by atoms with Crippen molar-refractivity contribution in [1.29, 1.82) is 0 Å². The summed E-state index contributed by atoms with van der Waals surface area (Å²) in [4.78, 5) is 15.4. The van der Waals surface area contributed by atoms with E-state index < -0.39 is 0 Å². The zero-order valence-corrected chi connectivity index (χ0v) is 9.65. The van der Waals surface area contributed by atoms with Crippen molar-refractivity contribution < 1.29 is 9.53 Å². The van der Waals surface area contributed by atoms with Crippen molar-refractivity contribution in [2.75, 3.05) is 0 Å². The quantitative estimate of drug-likeness (QED) is 0.712. The van der Waals surface area contributed by atoms with Crippen molar-refractivity contribution in [2.45, 2.75) is 33.8 Å². The Labute approximate surface area is 90.5 Å². The molecule has 82 valence electrons. The SMILES string of the molecule is CC(=O)c1cccnc1OC(C)C(C)C. The van der Waals surface area contributed by atoms with Gasteiger partial charge in [0.2, 0.25) is 5.88 Å². The van der Waals surface area contributed by atoms with Crippen LogP contribution in [-0.2, 0) is 0 Å². The van der Waals surface area contributed by atoms with E-state index in [1.807, 2.05) is 6.92 Å². The summed E-state index contributed by atoms with van der Waals surface area (Å²) < 4.78 is 5.64. The second-order valence-corrected chi connectivity index (χ2v) is 3.98. The smallest absolute Gasteiger partial charge is 0.224 e. The van der Waals surface area contributed by atoms with Gasteiger partial charge in [0.05, 0.1) is 11.7 Å². The summed E-state index contributed by atoms with van der Waals surface area (Å²) in [5.74, 6) is 0.812. The second-order valence-electron chi connectivity index (χ2n) is 3.98. The third-order valence-electron chi connectivity index (χ3n) is 2.39. The van der Waals surface area contributed by atoms with E-state index in [0.29, 0.717) is 17.4 Å². The lowest BCUT2D eigenvalue weighted by Gasteiger charge is -2.18. The standard InChI is InChI=1S/C12H17NO2/c1-8(2)10(4)15-12-11(9(3)14)6-5-7-13-12/h5-8,10H,1-4H3. The number of carbonyl (C=O) groups is 1. The topological polar surface area (TPSA) is 39.2 Å². The van der Waals surface area contributed by atoms with E-state index in [1.54, 1.807) is 18.3 Å². The molecule has 1 heterocycles. The van der Waals surface area contributed by atoms with E-state index in [-0.39, 0.29) is 11.9 Å². The van der Waals surface area contributed by atoms with Gasteiger partial charge in [-0.3, -0.25) is 4.79 Å². The molecular formula is C12H17NO2. The number of aromatic nitrogens is 1. The molecule has 15 heavy (non-hydrogen) atoms. The lowest BCUT2D eigenvalue weighted by atomic mass is 10.1. The van der Waals surface area contributed by atoms with Crippen molar-refractivity contribution in [2.24, 2.45) is 5.92 Å². The first-order chi connectivity index (χ1) is 7.02. The Kier molecular flexibility index (Phi) is 3.83. The molecule has 1 aromatic rings. The summed E-state index contributed by atoms with van der Waals surface area (Å²) >= 11 is 0. The van der Waals surface area contributed by atoms with Gasteiger partial charge in [-0.15, -0.1) is 0 Å². The molecule has 0 aliphatic carbocycles. The van der Waals surface area contributed by atoms with Gasteiger partial charge in [0.15, 0.2) is 5.78 Å². The number of ketones is 1.